The van der Waals surface area contributed by atoms with E-state index in [1.54, 1.807) is 20.3 Å². The number of hydrogen-bond acceptors (Lipinski definition) is 3. The molecule has 0 saturated carbocycles. The lowest BCUT2D eigenvalue weighted by Crippen LogP contribution is -2.06. The van der Waals surface area contributed by atoms with Gasteiger partial charge in [0.1, 0.15) is 17.6 Å². The first-order valence-corrected chi connectivity index (χ1v) is 5.68. The van der Waals surface area contributed by atoms with Crippen LogP contribution in [0.25, 0.3) is 0 Å². The van der Waals surface area contributed by atoms with E-state index in [1.807, 2.05) is 42.1 Å². The fraction of sp³-hybridized carbons (Fsp3) is 0.286. The minimum Gasteiger partial charge on any atom is -0.497 e. The lowest BCUT2D eigenvalue weighted by Gasteiger charge is -2.16. The molecule has 4 nitrogen and oxygen atoms in total. The summed E-state index contributed by atoms with van der Waals surface area (Å²) < 4.78 is 12.3. The fourth-order valence-electron chi connectivity index (χ4n) is 1.96. The van der Waals surface area contributed by atoms with Gasteiger partial charge in [0.2, 0.25) is 0 Å². The Morgan fingerprint density at radius 3 is 2.50 bits per heavy atom. The van der Waals surface area contributed by atoms with Gasteiger partial charge in [-0.15, -0.1) is 0 Å². The number of nitrogens with zero attached hydrogens (tertiary/aromatic N) is 1. The zero-order valence-corrected chi connectivity index (χ0v) is 10.8. The van der Waals surface area contributed by atoms with Crippen LogP contribution < -0.4 is 9.47 Å². The van der Waals surface area contributed by atoms with Gasteiger partial charge in [0.15, 0.2) is 0 Å². The molecule has 1 N–H and O–H groups in total. The Bertz CT molecular complexity index is 534. The molecule has 96 valence electrons. The average Bonchev–Trinajstić information content (AvgIpc) is 2.83. The Morgan fingerprint density at radius 2 is 1.94 bits per heavy atom. The Labute approximate surface area is 106 Å². The molecule has 0 saturated heterocycles. The molecule has 0 aliphatic heterocycles. The SMILES string of the molecule is COc1ccc([C@H](O)c2cccn2C)c(OC)c1. The maximum absolute atomic E-state index is 10.4. The summed E-state index contributed by atoms with van der Waals surface area (Å²) in [6, 6.07) is 9.17. The molecule has 2 rings (SSSR count). The van der Waals surface area contributed by atoms with Gasteiger partial charge < -0.3 is 19.1 Å². The number of ether oxygens (including phenoxy) is 2. The highest BCUT2D eigenvalue weighted by Gasteiger charge is 2.18. The van der Waals surface area contributed by atoms with Crippen LogP contribution in [-0.4, -0.2) is 23.9 Å². The second-order valence-electron chi connectivity index (χ2n) is 4.05. The summed E-state index contributed by atoms with van der Waals surface area (Å²) in [5, 5.41) is 10.4. The zero-order valence-electron chi connectivity index (χ0n) is 10.8. The molecule has 2 aromatic rings. The summed E-state index contributed by atoms with van der Waals surface area (Å²) >= 11 is 0. The maximum atomic E-state index is 10.4. The van der Waals surface area contributed by atoms with E-state index in [9.17, 15) is 5.11 Å². The largest absolute Gasteiger partial charge is 0.497 e. The topological polar surface area (TPSA) is 43.6 Å². The van der Waals surface area contributed by atoms with Crippen LogP contribution in [-0.2, 0) is 7.05 Å². The van der Waals surface area contributed by atoms with Gasteiger partial charge in [-0.3, -0.25) is 0 Å². The number of aliphatic hydroxyl groups is 1. The minimum absolute atomic E-state index is 0.614. The number of aromatic nitrogens is 1. The van der Waals surface area contributed by atoms with Crippen LogP contribution in [0.4, 0.5) is 0 Å². The number of aryl methyl sites for hydroxylation is 1. The van der Waals surface area contributed by atoms with Crippen LogP contribution in [0.5, 0.6) is 11.5 Å². The Morgan fingerprint density at radius 1 is 1.17 bits per heavy atom. The number of benzene rings is 1. The minimum atomic E-state index is -0.717. The highest BCUT2D eigenvalue weighted by atomic mass is 16.5. The molecule has 1 heterocycles. The summed E-state index contributed by atoms with van der Waals surface area (Å²) in [6.07, 6.45) is 1.18. The van der Waals surface area contributed by atoms with Crippen LogP contribution in [0.1, 0.15) is 17.4 Å². The highest BCUT2D eigenvalue weighted by Crippen LogP contribution is 2.32. The Kier molecular flexibility index (Phi) is 3.58. The third kappa shape index (κ3) is 2.19. The van der Waals surface area contributed by atoms with Gasteiger partial charge >= 0.3 is 0 Å². The lowest BCUT2D eigenvalue weighted by atomic mass is 10.1. The molecule has 0 aliphatic rings. The molecule has 18 heavy (non-hydrogen) atoms. The molecule has 1 aromatic carbocycles. The predicted octanol–water partition coefficient (Wildman–Crippen LogP) is 2.12. The van der Waals surface area contributed by atoms with E-state index in [-0.39, 0.29) is 0 Å². The zero-order chi connectivity index (χ0) is 13.1. The van der Waals surface area contributed by atoms with Crippen molar-refractivity contribution in [3.63, 3.8) is 0 Å². The van der Waals surface area contributed by atoms with E-state index in [1.165, 1.54) is 0 Å². The first-order valence-electron chi connectivity index (χ1n) is 5.68. The number of hydrogen-bond donors (Lipinski definition) is 1. The molecular formula is C14H17NO3. The van der Waals surface area contributed by atoms with E-state index in [2.05, 4.69) is 0 Å². The van der Waals surface area contributed by atoms with Gasteiger partial charge in [0, 0.05) is 24.9 Å². The summed E-state index contributed by atoms with van der Waals surface area (Å²) in [4.78, 5) is 0. The summed E-state index contributed by atoms with van der Waals surface area (Å²) in [7, 11) is 5.08. The van der Waals surface area contributed by atoms with Crippen molar-refractivity contribution in [2.75, 3.05) is 14.2 Å². The molecule has 0 aliphatic carbocycles. The first kappa shape index (κ1) is 12.5. The van der Waals surface area contributed by atoms with Gasteiger partial charge in [0.05, 0.1) is 19.9 Å². The van der Waals surface area contributed by atoms with Gasteiger partial charge in [-0.05, 0) is 24.3 Å². The summed E-state index contributed by atoms with van der Waals surface area (Å²) in [5.41, 5.74) is 1.54. The van der Waals surface area contributed by atoms with Crippen LogP contribution in [0.3, 0.4) is 0 Å². The summed E-state index contributed by atoms with van der Waals surface area (Å²) in [6.45, 7) is 0. The summed E-state index contributed by atoms with van der Waals surface area (Å²) in [5.74, 6) is 1.32. The van der Waals surface area contributed by atoms with Crippen molar-refractivity contribution >= 4 is 0 Å². The second kappa shape index (κ2) is 5.14. The number of methoxy groups -OCH3 is 2. The third-order valence-electron chi connectivity index (χ3n) is 3.00. The fourth-order valence-corrected chi connectivity index (χ4v) is 1.96. The maximum Gasteiger partial charge on any atom is 0.128 e. The van der Waals surface area contributed by atoms with Crippen LogP contribution in [0.2, 0.25) is 0 Å². The van der Waals surface area contributed by atoms with E-state index in [0.29, 0.717) is 11.5 Å². The van der Waals surface area contributed by atoms with Crippen molar-refractivity contribution in [2.24, 2.45) is 7.05 Å². The van der Waals surface area contributed by atoms with Gasteiger partial charge in [-0.2, -0.15) is 0 Å². The standard InChI is InChI=1S/C14H17NO3/c1-15-8-4-5-12(15)14(16)11-7-6-10(17-2)9-13(11)18-3/h4-9,14,16H,1-3H3/t14-/m0/s1. The van der Waals surface area contributed by atoms with Crippen LogP contribution >= 0.6 is 0 Å². The predicted molar refractivity (Wildman–Crippen MR) is 69.0 cm³/mol. The van der Waals surface area contributed by atoms with E-state index < -0.39 is 6.10 Å². The average molecular weight is 247 g/mol. The second-order valence-corrected chi connectivity index (χ2v) is 4.05. The molecule has 1 aromatic heterocycles. The molecule has 0 fully saturated rings. The highest BCUT2D eigenvalue weighted by molar-refractivity contribution is 5.44. The van der Waals surface area contributed by atoms with Gasteiger partial charge in [-0.25, -0.2) is 0 Å². The van der Waals surface area contributed by atoms with Crippen LogP contribution in [0, 0.1) is 0 Å². The van der Waals surface area contributed by atoms with Crippen molar-refractivity contribution in [1.82, 2.24) is 4.57 Å². The van der Waals surface area contributed by atoms with Crippen molar-refractivity contribution in [2.45, 2.75) is 6.10 Å². The normalized spacial score (nSPS) is 12.2. The molecular weight excluding hydrogens is 230 g/mol. The van der Waals surface area contributed by atoms with E-state index >= 15 is 0 Å². The van der Waals surface area contributed by atoms with E-state index in [4.69, 9.17) is 9.47 Å². The first-order chi connectivity index (χ1) is 8.67. The van der Waals surface area contributed by atoms with Crippen LogP contribution in [0.15, 0.2) is 36.5 Å². The quantitative estimate of drug-likeness (QED) is 0.900. The van der Waals surface area contributed by atoms with Crippen molar-refractivity contribution in [1.29, 1.82) is 0 Å². The molecule has 4 heteroatoms. The molecule has 0 unspecified atom stereocenters. The molecule has 0 amide bonds. The third-order valence-corrected chi connectivity index (χ3v) is 3.00. The molecule has 0 bridgehead atoms. The Balaban J connectivity index is 2.41. The van der Waals surface area contributed by atoms with Crippen molar-refractivity contribution in [3.8, 4) is 11.5 Å². The molecule has 1 atom stereocenters. The number of rotatable bonds is 4. The number of aliphatic hydroxyl groups excluding tert-OH is 1. The lowest BCUT2D eigenvalue weighted by molar-refractivity contribution is 0.206. The monoisotopic (exact) mass is 247 g/mol. The smallest absolute Gasteiger partial charge is 0.128 e. The van der Waals surface area contributed by atoms with Gasteiger partial charge in [-0.1, -0.05) is 0 Å². The van der Waals surface area contributed by atoms with Gasteiger partial charge in [0.25, 0.3) is 0 Å². The van der Waals surface area contributed by atoms with Crippen molar-refractivity contribution < 1.29 is 14.6 Å². The Hall–Kier alpha value is -1.94. The molecule has 0 spiro atoms. The molecule has 0 radical (unpaired) electrons. The van der Waals surface area contributed by atoms with Crippen molar-refractivity contribution in [3.05, 3.63) is 47.8 Å². The van der Waals surface area contributed by atoms with E-state index in [0.717, 1.165) is 11.3 Å².